The molecule has 0 fully saturated rings. The Morgan fingerprint density at radius 1 is 1.53 bits per heavy atom. The summed E-state index contributed by atoms with van der Waals surface area (Å²) in [7, 11) is 0. The van der Waals surface area contributed by atoms with E-state index in [-0.39, 0.29) is 12.6 Å². The Labute approximate surface area is 88.4 Å². The summed E-state index contributed by atoms with van der Waals surface area (Å²) in [4.78, 5) is 4.39. The molecule has 0 aliphatic heterocycles. The summed E-state index contributed by atoms with van der Waals surface area (Å²) >= 11 is 0. The van der Waals surface area contributed by atoms with Crippen molar-refractivity contribution in [3.05, 3.63) is 35.4 Å². The van der Waals surface area contributed by atoms with Gasteiger partial charge in [0.05, 0.1) is 23.9 Å². The highest BCUT2D eigenvalue weighted by Crippen LogP contribution is 2.21. The number of aryl methyl sites for hydroxylation is 2. The largest absolute Gasteiger partial charge is 0.394 e. The SMILES string of the molecule is Cc1nc(C)n2cccc(C(N)CO)c12. The summed E-state index contributed by atoms with van der Waals surface area (Å²) in [5.41, 5.74) is 8.75. The molecule has 0 saturated heterocycles. The lowest BCUT2D eigenvalue weighted by atomic mass is 10.1. The van der Waals surface area contributed by atoms with Crippen molar-refractivity contribution >= 4 is 5.52 Å². The zero-order chi connectivity index (χ0) is 11.0. The molecule has 0 spiro atoms. The lowest BCUT2D eigenvalue weighted by Crippen LogP contribution is -2.15. The molecule has 2 rings (SSSR count). The van der Waals surface area contributed by atoms with Gasteiger partial charge >= 0.3 is 0 Å². The summed E-state index contributed by atoms with van der Waals surface area (Å²) in [6.07, 6.45) is 1.96. The van der Waals surface area contributed by atoms with E-state index in [1.54, 1.807) is 0 Å². The Morgan fingerprint density at radius 3 is 2.93 bits per heavy atom. The third kappa shape index (κ3) is 1.52. The molecule has 0 amide bonds. The quantitative estimate of drug-likeness (QED) is 0.767. The Bertz CT molecular complexity index is 490. The van der Waals surface area contributed by atoms with Crippen LogP contribution in [0.2, 0.25) is 0 Å². The second-order valence-electron chi connectivity index (χ2n) is 3.72. The molecule has 4 heteroatoms. The van der Waals surface area contributed by atoms with Crippen LogP contribution in [0.15, 0.2) is 18.3 Å². The van der Waals surface area contributed by atoms with Crippen LogP contribution in [0.25, 0.3) is 5.52 Å². The van der Waals surface area contributed by atoms with Gasteiger partial charge in [0, 0.05) is 6.20 Å². The molecule has 0 aromatic carbocycles. The van der Waals surface area contributed by atoms with E-state index in [0.717, 1.165) is 22.6 Å². The number of aromatic nitrogens is 2. The second kappa shape index (κ2) is 3.64. The Hall–Kier alpha value is -1.39. The van der Waals surface area contributed by atoms with Gasteiger partial charge in [0.2, 0.25) is 0 Å². The van der Waals surface area contributed by atoms with Gasteiger partial charge in [-0.05, 0) is 25.5 Å². The average Bonchev–Trinajstić information content (AvgIpc) is 2.54. The van der Waals surface area contributed by atoms with E-state index in [1.165, 1.54) is 0 Å². The summed E-state index contributed by atoms with van der Waals surface area (Å²) < 4.78 is 2.00. The van der Waals surface area contributed by atoms with Gasteiger partial charge < -0.3 is 15.2 Å². The molecule has 2 aromatic heterocycles. The fourth-order valence-electron chi connectivity index (χ4n) is 1.93. The minimum Gasteiger partial charge on any atom is -0.394 e. The van der Waals surface area contributed by atoms with Crippen molar-refractivity contribution in [3.8, 4) is 0 Å². The number of aliphatic hydroxyl groups excluding tert-OH is 1. The second-order valence-corrected chi connectivity index (χ2v) is 3.72. The van der Waals surface area contributed by atoms with E-state index in [1.807, 2.05) is 36.6 Å². The van der Waals surface area contributed by atoms with Gasteiger partial charge in [0.15, 0.2) is 0 Å². The molecule has 0 bridgehead atoms. The van der Waals surface area contributed by atoms with E-state index < -0.39 is 0 Å². The monoisotopic (exact) mass is 205 g/mol. The molecule has 0 aliphatic carbocycles. The Kier molecular flexibility index (Phi) is 2.46. The zero-order valence-electron chi connectivity index (χ0n) is 8.94. The molecule has 4 nitrogen and oxygen atoms in total. The molecular formula is C11H15N3O. The Morgan fingerprint density at radius 2 is 2.27 bits per heavy atom. The summed E-state index contributed by atoms with van der Waals surface area (Å²) in [5.74, 6) is 0.939. The fourth-order valence-corrected chi connectivity index (χ4v) is 1.93. The Balaban J connectivity index is 2.75. The predicted molar refractivity (Wildman–Crippen MR) is 58.7 cm³/mol. The number of hydrogen-bond donors (Lipinski definition) is 2. The smallest absolute Gasteiger partial charge is 0.110 e. The highest BCUT2D eigenvalue weighted by Gasteiger charge is 2.13. The lowest BCUT2D eigenvalue weighted by Gasteiger charge is -2.11. The van der Waals surface area contributed by atoms with Crippen molar-refractivity contribution in [1.29, 1.82) is 0 Å². The van der Waals surface area contributed by atoms with Crippen LogP contribution in [0.4, 0.5) is 0 Å². The number of fused-ring (bicyclic) bond motifs is 1. The van der Waals surface area contributed by atoms with Crippen LogP contribution < -0.4 is 5.73 Å². The van der Waals surface area contributed by atoms with E-state index in [9.17, 15) is 0 Å². The topological polar surface area (TPSA) is 63.5 Å². The van der Waals surface area contributed by atoms with Gasteiger partial charge in [-0.25, -0.2) is 4.98 Å². The first kappa shape index (κ1) is 10.1. The van der Waals surface area contributed by atoms with Crippen molar-refractivity contribution in [2.75, 3.05) is 6.61 Å². The molecule has 0 radical (unpaired) electrons. The van der Waals surface area contributed by atoms with E-state index in [4.69, 9.17) is 10.8 Å². The van der Waals surface area contributed by atoms with Crippen molar-refractivity contribution in [3.63, 3.8) is 0 Å². The number of pyridine rings is 1. The molecule has 2 aromatic rings. The highest BCUT2D eigenvalue weighted by molar-refractivity contribution is 5.60. The van der Waals surface area contributed by atoms with Crippen LogP contribution in [0.3, 0.4) is 0 Å². The molecule has 0 aliphatic rings. The van der Waals surface area contributed by atoms with Gasteiger partial charge in [0.25, 0.3) is 0 Å². The molecule has 1 atom stereocenters. The number of aliphatic hydroxyl groups is 1. The molecule has 2 heterocycles. The fraction of sp³-hybridized carbons (Fsp3) is 0.364. The van der Waals surface area contributed by atoms with Crippen molar-refractivity contribution in [2.45, 2.75) is 19.9 Å². The number of hydrogen-bond acceptors (Lipinski definition) is 3. The average molecular weight is 205 g/mol. The van der Waals surface area contributed by atoms with E-state index in [2.05, 4.69) is 4.98 Å². The molecule has 15 heavy (non-hydrogen) atoms. The highest BCUT2D eigenvalue weighted by atomic mass is 16.3. The van der Waals surface area contributed by atoms with Gasteiger partial charge in [-0.1, -0.05) is 6.07 Å². The molecule has 1 unspecified atom stereocenters. The number of nitrogens with two attached hydrogens (primary N) is 1. The molecule has 3 N–H and O–H groups in total. The first-order valence-electron chi connectivity index (χ1n) is 4.95. The van der Waals surface area contributed by atoms with Crippen molar-refractivity contribution in [1.82, 2.24) is 9.38 Å². The maximum absolute atomic E-state index is 9.09. The van der Waals surface area contributed by atoms with Crippen LogP contribution >= 0.6 is 0 Å². The number of rotatable bonds is 2. The lowest BCUT2D eigenvalue weighted by molar-refractivity contribution is 0.268. The maximum atomic E-state index is 9.09. The van der Waals surface area contributed by atoms with Crippen LogP contribution in [0, 0.1) is 13.8 Å². The van der Waals surface area contributed by atoms with Gasteiger partial charge in [0.1, 0.15) is 5.82 Å². The zero-order valence-corrected chi connectivity index (χ0v) is 8.94. The third-order valence-electron chi connectivity index (χ3n) is 2.64. The van der Waals surface area contributed by atoms with Crippen molar-refractivity contribution in [2.24, 2.45) is 5.73 Å². The number of imidazole rings is 1. The van der Waals surface area contributed by atoms with Crippen LogP contribution in [0.5, 0.6) is 0 Å². The van der Waals surface area contributed by atoms with E-state index >= 15 is 0 Å². The molecule has 0 saturated carbocycles. The number of nitrogens with zero attached hydrogens (tertiary/aromatic N) is 2. The van der Waals surface area contributed by atoms with Gasteiger partial charge in [-0.2, -0.15) is 0 Å². The van der Waals surface area contributed by atoms with E-state index in [0.29, 0.717) is 0 Å². The van der Waals surface area contributed by atoms with Crippen molar-refractivity contribution < 1.29 is 5.11 Å². The minimum absolute atomic E-state index is 0.0522. The van der Waals surface area contributed by atoms with Gasteiger partial charge in [-0.3, -0.25) is 0 Å². The molecule has 80 valence electrons. The first-order valence-corrected chi connectivity index (χ1v) is 4.95. The summed E-state index contributed by atoms with van der Waals surface area (Å²) in [6.45, 7) is 3.85. The third-order valence-corrected chi connectivity index (χ3v) is 2.64. The van der Waals surface area contributed by atoms with Crippen LogP contribution in [0.1, 0.15) is 23.1 Å². The van der Waals surface area contributed by atoms with Gasteiger partial charge in [-0.15, -0.1) is 0 Å². The molecular weight excluding hydrogens is 190 g/mol. The van der Waals surface area contributed by atoms with Crippen LogP contribution in [-0.2, 0) is 0 Å². The summed E-state index contributed by atoms with van der Waals surface area (Å²) in [6, 6.07) is 3.51. The van der Waals surface area contributed by atoms with Crippen LogP contribution in [-0.4, -0.2) is 21.1 Å². The standard InChI is InChI=1S/C11H15N3O/c1-7-11-9(10(12)6-15)4-3-5-14(11)8(2)13-7/h3-5,10,15H,6,12H2,1-2H3. The normalized spacial score (nSPS) is 13.3. The first-order chi connectivity index (χ1) is 7.15. The minimum atomic E-state index is -0.344. The maximum Gasteiger partial charge on any atom is 0.110 e. The summed E-state index contributed by atoms with van der Waals surface area (Å²) in [5, 5.41) is 9.09. The predicted octanol–water partition coefficient (Wildman–Crippen LogP) is 0.943.